The van der Waals surface area contributed by atoms with Crippen molar-refractivity contribution in [2.75, 3.05) is 0 Å². The van der Waals surface area contributed by atoms with Crippen LogP contribution in [0.25, 0.3) is 22.2 Å². The van der Waals surface area contributed by atoms with Crippen molar-refractivity contribution in [3.05, 3.63) is 47.5 Å². The molecule has 3 rings (SSSR count). The average Bonchev–Trinajstić information content (AvgIpc) is 2.71. The van der Waals surface area contributed by atoms with Crippen molar-refractivity contribution in [2.45, 2.75) is 0 Å². The summed E-state index contributed by atoms with van der Waals surface area (Å²) in [6.07, 6.45) is 0. The third-order valence-corrected chi connectivity index (χ3v) is 2.79. The largest absolute Gasteiger partial charge is 0.508 e. The summed E-state index contributed by atoms with van der Waals surface area (Å²) >= 11 is 5.94. The van der Waals surface area contributed by atoms with Gasteiger partial charge in [-0.3, -0.25) is 0 Å². The first kappa shape index (κ1) is 10.2. The first-order valence-corrected chi connectivity index (χ1v) is 5.46. The zero-order valence-corrected chi connectivity index (χ0v) is 9.48. The van der Waals surface area contributed by atoms with Gasteiger partial charge in [-0.25, -0.2) is 0 Å². The Morgan fingerprint density at radius 3 is 2.82 bits per heavy atom. The van der Waals surface area contributed by atoms with E-state index in [0.717, 1.165) is 10.9 Å². The van der Waals surface area contributed by atoms with E-state index < -0.39 is 0 Å². The SMILES string of the molecule is Oc1ccc2onc(-c3cccc(Cl)c3)c2c1. The third kappa shape index (κ3) is 1.74. The van der Waals surface area contributed by atoms with Gasteiger partial charge in [-0.05, 0) is 30.3 Å². The maximum absolute atomic E-state index is 9.48. The normalized spacial score (nSPS) is 10.9. The van der Waals surface area contributed by atoms with Gasteiger partial charge in [0.2, 0.25) is 0 Å². The molecule has 3 nitrogen and oxygen atoms in total. The number of nitrogens with zero attached hydrogens (tertiary/aromatic N) is 1. The van der Waals surface area contributed by atoms with E-state index in [4.69, 9.17) is 16.1 Å². The maximum Gasteiger partial charge on any atom is 0.167 e. The number of phenolic OH excluding ortho intramolecular Hbond substituents is 1. The Labute approximate surface area is 102 Å². The van der Waals surface area contributed by atoms with Gasteiger partial charge < -0.3 is 9.63 Å². The second-order valence-corrected chi connectivity index (χ2v) is 4.16. The van der Waals surface area contributed by atoms with E-state index in [2.05, 4.69) is 5.16 Å². The summed E-state index contributed by atoms with van der Waals surface area (Å²) in [5.74, 6) is 0.184. The maximum atomic E-state index is 9.48. The highest BCUT2D eigenvalue weighted by Crippen LogP contribution is 2.31. The molecule has 1 N–H and O–H groups in total. The number of aromatic nitrogens is 1. The Morgan fingerprint density at radius 1 is 1.12 bits per heavy atom. The van der Waals surface area contributed by atoms with Crippen LogP contribution in [0.3, 0.4) is 0 Å². The van der Waals surface area contributed by atoms with Crippen molar-refractivity contribution >= 4 is 22.6 Å². The molecule has 0 spiro atoms. The van der Waals surface area contributed by atoms with Crippen LogP contribution in [0.5, 0.6) is 5.75 Å². The van der Waals surface area contributed by atoms with Gasteiger partial charge in [0.25, 0.3) is 0 Å². The molecule has 0 unspecified atom stereocenters. The number of hydrogen-bond donors (Lipinski definition) is 1. The van der Waals surface area contributed by atoms with Crippen molar-refractivity contribution in [1.29, 1.82) is 0 Å². The fraction of sp³-hybridized carbons (Fsp3) is 0. The van der Waals surface area contributed by atoms with Crippen LogP contribution >= 0.6 is 11.6 Å². The quantitative estimate of drug-likeness (QED) is 0.708. The fourth-order valence-electron chi connectivity index (χ4n) is 1.77. The molecule has 0 saturated heterocycles. The fourth-order valence-corrected chi connectivity index (χ4v) is 1.96. The number of benzene rings is 2. The third-order valence-electron chi connectivity index (χ3n) is 2.55. The molecule has 0 atom stereocenters. The smallest absolute Gasteiger partial charge is 0.167 e. The number of halogens is 1. The number of rotatable bonds is 1. The highest BCUT2D eigenvalue weighted by atomic mass is 35.5. The predicted octanol–water partition coefficient (Wildman–Crippen LogP) is 3.85. The molecule has 84 valence electrons. The number of aromatic hydroxyl groups is 1. The number of phenols is 1. The van der Waals surface area contributed by atoms with Crippen molar-refractivity contribution in [3.63, 3.8) is 0 Å². The van der Waals surface area contributed by atoms with Crippen LogP contribution in [0.1, 0.15) is 0 Å². The van der Waals surface area contributed by atoms with Crippen LogP contribution < -0.4 is 0 Å². The van der Waals surface area contributed by atoms with Crippen LogP contribution in [0.2, 0.25) is 5.02 Å². The van der Waals surface area contributed by atoms with E-state index in [1.165, 1.54) is 0 Å². The van der Waals surface area contributed by atoms with Gasteiger partial charge in [0.1, 0.15) is 11.4 Å². The van der Waals surface area contributed by atoms with E-state index in [0.29, 0.717) is 16.3 Å². The molecule has 0 aliphatic rings. The number of fused-ring (bicyclic) bond motifs is 1. The molecule has 2 aromatic carbocycles. The molecule has 4 heteroatoms. The summed E-state index contributed by atoms with van der Waals surface area (Å²) in [4.78, 5) is 0. The molecule has 1 aromatic heterocycles. The zero-order chi connectivity index (χ0) is 11.8. The van der Waals surface area contributed by atoms with E-state index in [1.54, 1.807) is 24.3 Å². The monoisotopic (exact) mass is 245 g/mol. The topological polar surface area (TPSA) is 46.3 Å². The molecule has 1 heterocycles. The summed E-state index contributed by atoms with van der Waals surface area (Å²) in [6, 6.07) is 12.2. The molecule has 0 radical (unpaired) electrons. The number of hydrogen-bond acceptors (Lipinski definition) is 3. The molecule has 0 aliphatic carbocycles. The van der Waals surface area contributed by atoms with Gasteiger partial charge in [0.15, 0.2) is 5.58 Å². The van der Waals surface area contributed by atoms with E-state index in [9.17, 15) is 5.11 Å². The highest BCUT2D eigenvalue weighted by molar-refractivity contribution is 6.30. The van der Waals surface area contributed by atoms with E-state index in [1.807, 2.05) is 18.2 Å². The molecule has 0 bridgehead atoms. The summed E-state index contributed by atoms with van der Waals surface area (Å²) in [5.41, 5.74) is 2.18. The first-order valence-electron chi connectivity index (χ1n) is 5.08. The summed E-state index contributed by atoms with van der Waals surface area (Å²) in [6.45, 7) is 0. The van der Waals surface area contributed by atoms with Gasteiger partial charge in [-0.2, -0.15) is 0 Å². The second-order valence-electron chi connectivity index (χ2n) is 3.72. The molecular formula is C13H8ClNO2. The van der Waals surface area contributed by atoms with Crippen molar-refractivity contribution in [3.8, 4) is 17.0 Å². The molecule has 3 aromatic rings. The Morgan fingerprint density at radius 2 is 2.00 bits per heavy atom. The summed E-state index contributed by atoms with van der Waals surface area (Å²) in [5, 5.41) is 14.9. The Hall–Kier alpha value is -2.00. The summed E-state index contributed by atoms with van der Waals surface area (Å²) in [7, 11) is 0. The second kappa shape index (κ2) is 3.79. The van der Waals surface area contributed by atoms with E-state index in [-0.39, 0.29) is 5.75 Å². The van der Waals surface area contributed by atoms with Crippen LogP contribution in [0.4, 0.5) is 0 Å². The molecule has 0 amide bonds. The Balaban J connectivity index is 2.27. The summed E-state index contributed by atoms with van der Waals surface area (Å²) < 4.78 is 5.19. The van der Waals surface area contributed by atoms with Crippen molar-refractivity contribution in [1.82, 2.24) is 5.16 Å². The van der Waals surface area contributed by atoms with Crippen molar-refractivity contribution < 1.29 is 9.63 Å². The average molecular weight is 246 g/mol. The minimum atomic E-state index is 0.184. The van der Waals surface area contributed by atoms with Gasteiger partial charge in [-0.15, -0.1) is 0 Å². The lowest BCUT2D eigenvalue weighted by Crippen LogP contribution is -1.78. The van der Waals surface area contributed by atoms with Gasteiger partial charge in [0.05, 0.1) is 5.39 Å². The predicted molar refractivity (Wildman–Crippen MR) is 66.1 cm³/mol. The van der Waals surface area contributed by atoms with Crippen LogP contribution in [-0.4, -0.2) is 10.3 Å². The van der Waals surface area contributed by atoms with Crippen molar-refractivity contribution in [2.24, 2.45) is 0 Å². The molecule has 0 saturated carbocycles. The minimum Gasteiger partial charge on any atom is -0.508 e. The van der Waals surface area contributed by atoms with Gasteiger partial charge in [-0.1, -0.05) is 28.9 Å². The van der Waals surface area contributed by atoms with Gasteiger partial charge >= 0.3 is 0 Å². The standard InChI is InChI=1S/C13H8ClNO2/c14-9-3-1-2-8(6-9)13-11-7-10(16)4-5-12(11)17-15-13/h1-7,16H. The van der Waals surface area contributed by atoms with Crippen LogP contribution in [0, 0.1) is 0 Å². The van der Waals surface area contributed by atoms with Crippen LogP contribution in [0.15, 0.2) is 47.0 Å². The zero-order valence-electron chi connectivity index (χ0n) is 8.72. The van der Waals surface area contributed by atoms with Gasteiger partial charge in [0, 0.05) is 10.6 Å². The highest BCUT2D eigenvalue weighted by Gasteiger charge is 2.11. The van der Waals surface area contributed by atoms with Crippen LogP contribution in [-0.2, 0) is 0 Å². The Bertz CT molecular complexity index is 691. The lowest BCUT2D eigenvalue weighted by molar-refractivity contribution is 0.457. The lowest BCUT2D eigenvalue weighted by atomic mass is 10.1. The molecular weight excluding hydrogens is 238 g/mol. The molecule has 17 heavy (non-hydrogen) atoms. The lowest BCUT2D eigenvalue weighted by Gasteiger charge is -1.97. The first-order chi connectivity index (χ1) is 8.24. The molecule has 0 fully saturated rings. The Kier molecular flexibility index (Phi) is 2.27. The minimum absolute atomic E-state index is 0.184. The van der Waals surface area contributed by atoms with E-state index >= 15 is 0 Å². The molecule has 0 aliphatic heterocycles.